The highest BCUT2D eigenvalue weighted by molar-refractivity contribution is 5.94. The average Bonchev–Trinajstić information content (AvgIpc) is 2.91. The fourth-order valence-electron chi connectivity index (χ4n) is 4.84. The van der Waals surface area contributed by atoms with Crippen LogP contribution in [0.2, 0.25) is 0 Å². The molecule has 0 heterocycles. The lowest BCUT2D eigenvalue weighted by Gasteiger charge is -2.35. The van der Waals surface area contributed by atoms with E-state index in [1.807, 2.05) is 82.3 Å². The average molecular weight is 624 g/mol. The molecule has 0 aliphatic rings. The van der Waals surface area contributed by atoms with E-state index in [1.54, 1.807) is 41.5 Å². The van der Waals surface area contributed by atoms with Crippen molar-refractivity contribution < 1.29 is 28.7 Å². The van der Waals surface area contributed by atoms with Crippen LogP contribution in [0, 0.1) is 12.8 Å². The molecular formula is C36H53N3O6. The number of alkyl carbamates (subject to hydrolysis) is 1. The summed E-state index contributed by atoms with van der Waals surface area (Å²) >= 11 is 0. The predicted octanol–water partition coefficient (Wildman–Crippen LogP) is 6.28. The molecule has 0 saturated carbocycles. The third-order valence-corrected chi connectivity index (χ3v) is 6.69. The Kier molecular flexibility index (Phi) is 13.6. The molecule has 0 radical (unpaired) electrons. The minimum absolute atomic E-state index is 0.0615. The number of esters is 1. The summed E-state index contributed by atoms with van der Waals surface area (Å²) < 4.78 is 11.2. The van der Waals surface area contributed by atoms with Gasteiger partial charge >= 0.3 is 12.1 Å². The standard InChI is InChI=1S/C36H53N3O6/c1-11-21-39(32(41)28(22-24(2)3)38-34(43)45-36(8,9)10)30(27-19-17-25(4)18-20-27)31(40)37-29(33(42)44-35(5,6)7)23-26-15-13-12-14-16-26/h12-20,24,28-30H,11,21-23H2,1-10H3,(H,37,40)(H,38,43). The number of nitrogens with one attached hydrogen (secondary N) is 2. The van der Waals surface area contributed by atoms with E-state index in [9.17, 15) is 19.2 Å². The highest BCUT2D eigenvalue weighted by atomic mass is 16.6. The Morgan fingerprint density at radius 3 is 1.89 bits per heavy atom. The highest BCUT2D eigenvalue weighted by Gasteiger charge is 2.38. The zero-order chi connectivity index (χ0) is 33.9. The third kappa shape index (κ3) is 12.9. The molecule has 2 rings (SSSR count). The van der Waals surface area contributed by atoms with Crippen LogP contribution in [-0.4, -0.2) is 58.6 Å². The second-order valence-electron chi connectivity index (χ2n) is 14.0. The van der Waals surface area contributed by atoms with E-state index in [0.29, 0.717) is 18.4 Å². The van der Waals surface area contributed by atoms with Gasteiger partial charge in [0.2, 0.25) is 11.8 Å². The summed E-state index contributed by atoms with van der Waals surface area (Å²) in [7, 11) is 0. The second kappa shape index (κ2) is 16.4. The number of nitrogens with zero attached hydrogens (tertiary/aromatic N) is 1. The maximum atomic E-state index is 14.3. The predicted molar refractivity (Wildman–Crippen MR) is 176 cm³/mol. The van der Waals surface area contributed by atoms with E-state index in [-0.39, 0.29) is 18.9 Å². The maximum absolute atomic E-state index is 14.3. The summed E-state index contributed by atoms with van der Waals surface area (Å²) in [6.45, 7) is 18.6. The summed E-state index contributed by atoms with van der Waals surface area (Å²) in [6.07, 6.45) is 0.402. The lowest BCUT2D eigenvalue weighted by atomic mass is 9.97. The normalized spacial score (nSPS) is 13.8. The number of benzene rings is 2. The van der Waals surface area contributed by atoms with Gasteiger partial charge in [-0.3, -0.25) is 9.59 Å². The SMILES string of the molecule is CCCN(C(=O)C(CC(C)C)NC(=O)OC(C)(C)C)C(C(=O)NC(Cc1ccccc1)C(=O)OC(C)(C)C)c1ccc(C)cc1. The minimum Gasteiger partial charge on any atom is -0.458 e. The van der Waals surface area contributed by atoms with Gasteiger partial charge in [0.15, 0.2) is 0 Å². The molecule has 3 unspecified atom stereocenters. The molecule has 9 heteroatoms. The number of carbonyl (C=O) groups excluding carboxylic acids is 4. The molecule has 3 amide bonds. The van der Waals surface area contributed by atoms with Crippen LogP contribution >= 0.6 is 0 Å². The minimum atomic E-state index is -1.08. The summed E-state index contributed by atoms with van der Waals surface area (Å²) in [6, 6.07) is 13.8. The first-order chi connectivity index (χ1) is 20.9. The molecule has 0 aromatic heterocycles. The molecule has 45 heavy (non-hydrogen) atoms. The Morgan fingerprint density at radius 2 is 1.38 bits per heavy atom. The van der Waals surface area contributed by atoms with Crippen LogP contribution in [0.3, 0.4) is 0 Å². The van der Waals surface area contributed by atoms with Gasteiger partial charge in [-0.2, -0.15) is 0 Å². The van der Waals surface area contributed by atoms with E-state index in [2.05, 4.69) is 10.6 Å². The van der Waals surface area contributed by atoms with E-state index in [4.69, 9.17) is 9.47 Å². The van der Waals surface area contributed by atoms with Crippen molar-refractivity contribution in [3.8, 4) is 0 Å². The smallest absolute Gasteiger partial charge is 0.408 e. The summed E-state index contributed by atoms with van der Waals surface area (Å²) in [4.78, 5) is 56.4. The van der Waals surface area contributed by atoms with Gasteiger partial charge in [-0.1, -0.05) is 80.9 Å². The molecule has 0 aliphatic heterocycles. The first-order valence-electron chi connectivity index (χ1n) is 15.8. The van der Waals surface area contributed by atoms with E-state index in [1.165, 1.54) is 4.90 Å². The van der Waals surface area contributed by atoms with Crippen molar-refractivity contribution in [2.75, 3.05) is 6.54 Å². The van der Waals surface area contributed by atoms with Crippen molar-refractivity contribution in [3.05, 3.63) is 71.3 Å². The molecule has 0 bridgehead atoms. The van der Waals surface area contributed by atoms with E-state index in [0.717, 1.165) is 11.1 Å². The van der Waals surface area contributed by atoms with Gasteiger partial charge in [0.1, 0.15) is 29.3 Å². The first kappa shape index (κ1) is 37.3. The van der Waals surface area contributed by atoms with Crippen molar-refractivity contribution in [2.45, 2.75) is 118 Å². The van der Waals surface area contributed by atoms with Crippen LogP contribution in [0.1, 0.15) is 97.9 Å². The number of hydrogen-bond acceptors (Lipinski definition) is 6. The van der Waals surface area contributed by atoms with Gasteiger partial charge in [-0.25, -0.2) is 9.59 Å². The van der Waals surface area contributed by atoms with Gasteiger partial charge in [-0.05, 0) is 78.4 Å². The number of carbonyl (C=O) groups is 4. The van der Waals surface area contributed by atoms with Crippen molar-refractivity contribution in [3.63, 3.8) is 0 Å². The molecule has 2 aromatic carbocycles. The molecule has 0 spiro atoms. The molecule has 248 valence electrons. The van der Waals surface area contributed by atoms with Crippen molar-refractivity contribution in [2.24, 2.45) is 5.92 Å². The molecule has 0 aliphatic carbocycles. The van der Waals surface area contributed by atoms with Crippen LogP contribution in [-0.2, 0) is 30.3 Å². The maximum Gasteiger partial charge on any atom is 0.408 e. The monoisotopic (exact) mass is 623 g/mol. The van der Waals surface area contributed by atoms with Crippen LogP contribution in [0.25, 0.3) is 0 Å². The first-order valence-corrected chi connectivity index (χ1v) is 15.8. The molecule has 3 atom stereocenters. The van der Waals surface area contributed by atoms with Gasteiger partial charge in [0, 0.05) is 13.0 Å². The molecule has 2 aromatic rings. The Balaban J connectivity index is 2.56. The number of ether oxygens (including phenoxy) is 2. The van der Waals surface area contributed by atoms with Crippen LogP contribution in [0.4, 0.5) is 4.79 Å². The highest BCUT2D eigenvalue weighted by Crippen LogP contribution is 2.25. The van der Waals surface area contributed by atoms with Gasteiger partial charge in [-0.15, -0.1) is 0 Å². The summed E-state index contributed by atoms with van der Waals surface area (Å²) in [5.41, 5.74) is 0.905. The largest absolute Gasteiger partial charge is 0.458 e. The fourth-order valence-corrected chi connectivity index (χ4v) is 4.84. The number of aryl methyl sites for hydroxylation is 1. The summed E-state index contributed by atoms with van der Waals surface area (Å²) in [5.74, 6) is -1.44. The lowest BCUT2D eigenvalue weighted by Crippen LogP contribution is -2.55. The molecule has 2 N–H and O–H groups in total. The fraction of sp³-hybridized carbons (Fsp3) is 0.556. The van der Waals surface area contributed by atoms with Crippen molar-refractivity contribution >= 4 is 23.9 Å². The molecule has 9 nitrogen and oxygen atoms in total. The van der Waals surface area contributed by atoms with Gasteiger partial charge < -0.3 is 25.0 Å². The zero-order valence-electron chi connectivity index (χ0n) is 28.7. The van der Waals surface area contributed by atoms with Gasteiger partial charge in [0.25, 0.3) is 0 Å². The van der Waals surface area contributed by atoms with E-state index < -0.39 is 53.2 Å². The quantitative estimate of drug-likeness (QED) is 0.254. The topological polar surface area (TPSA) is 114 Å². The second-order valence-corrected chi connectivity index (χ2v) is 14.0. The Bertz CT molecular complexity index is 1260. The summed E-state index contributed by atoms with van der Waals surface area (Å²) in [5, 5.41) is 5.68. The molecule has 0 fully saturated rings. The van der Waals surface area contributed by atoms with Gasteiger partial charge in [0.05, 0.1) is 0 Å². The van der Waals surface area contributed by atoms with E-state index >= 15 is 0 Å². The molecular weight excluding hydrogens is 570 g/mol. The van der Waals surface area contributed by atoms with Crippen LogP contribution < -0.4 is 10.6 Å². The van der Waals surface area contributed by atoms with Crippen molar-refractivity contribution in [1.82, 2.24) is 15.5 Å². The third-order valence-electron chi connectivity index (χ3n) is 6.69. The Hall–Kier alpha value is -3.88. The van der Waals surface area contributed by atoms with Crippen molar-refractivity contribution in [1.29, 1.82) is 0 Å². The Morgan fingerprint density at radius 1 is 0.800 bits per heavy atom. The zero-order valence-corrected chi connectivity index (χ0v) is 28.7. The van der Waals surface area contributed by atoms with Crippen LogP contribution in [0.5, 0.6) is 0 Å². The number of rotatable bonds is 13. The molecule has 0 saturated heterocycles. The lowest BCUT2D eigenvalue weighted by molar-refractivity contribution is -0.159. The number of hydrogen-bond donors (Lipinski definition) is 2. The number of amides is 3. The van der Waals surface area contributed by atoms with Crippen LogP contribution in [0.15, 0.2) is 54.6 Å². The Labute approximate surface area is 269 Å².